The van der Waals surface area contributed by atoms with Gasteiger partial charge in [-0.1, -0.05) is 0 Å². The van der Waals surface area contributed by atoms with E-state index in [0.717, 1.165) is 12.8 Å². The second-order valence-corrected chi connectivity index (χ2v) is 3.48. The molecule has 60 valence electrons. The van der Waals surface area contributed by atoms with Gasteiger partial charge in [-0.25, -0.2) is 0 Å². The maximum absolute atomic E-state index is 10.9. The number of hydrogen-bond acceptors (Lipinski definition) is 1. The zero-order chi connectivity index (χ0) is 8.32. The highest BCUT2D eigenvalue weighted by Crippen LogP contribution is 2.30. The van der Waals surface area contributed by atoms with Crippen molar-refractivity contribution in [1.29, 1.82) is 0 Å². The maximum Gasteiger partial charge on any atom is 0.297 e. The van der Waals surface area contributed by atoms with Crippen LogP contribution in [0.1, 0.15) is 26.2 Å². The first-order chi connectivity index (χ1) is 5.16. The molecular formula is C8H10BrNO. The summed E-state index contributed by atoms with van der Waals surface area (Å²) in [6.45, 7) is 2.05. The van der Waals surface area contributed by atoms with Crippen molar-refractivity contribution in [3.8, 4) is 10.8 Å². The van der Waals surface area contributed by atoms with Crippen LogP contribution < -0.4 is 5.32 Å². The quantitative estimate of drug-likeness (QED) is 0.659. The highest BCUT2D eigenvalue weighted by Gasteiger charge is 2.32. The first-order valence-corrected chi connectivity index (χ1v) is 4.39. The molecule has 2 nitrogen and oxygen atoms in total. The van der Waals surface area contributed by atoms with E-state index in [0.29, 0.717) is 0 Å². The summed E-state index contributed by atoms with van der Waals surface area (Å²) >= 11 is 2.88. The van der Waals surface area contributed by atoms with Crippen LogP contribution in [-0.4, -0.2) is 11.4 Å². The summed E-state index contributed by atoms with van der Waals surface area (Å²) in [7, 11) is 0. The van der Waals surface area contributed by atoms with E-state index in [2.05, 4.69) is 32.0 Å². The minimum absolute atomic E-state index is 0.0218. The fourth-order valence-corrected chi connectivity index (χ4v) is 1.36. The number of hydrogen-bond donors (Lipinski definition) is 1. The van der Waals surface area contributed by atoms with E-state index in [-0.39, 0.29) is 11.4 Å². The molecule has 0 heterocycles. The first kappa shape index (κ1) is 8.61. The molecule has 1 N–H and O–H groups in total. The molecule has 0 bridgehead atoms. The average Bonchev–Trinajstić information content (AvgIpc) is 1.85. The van der Waals surface area contributed by atoms with E-state index < -0.39 is 0 Å². The first-order valence-electron chi connectivity index (χ1n) is 3.60. The van der Waals surface area contributed by atoms with Crippen LogP contribution in [0.15, 0.2) is 0 Å². The molecule has 1 fully saturated rings. The summed E-state index contributed by atoms with van der Waals surface area (Å²) in [6.07, 6.45) is 3.35. The van der Waals surface area contributed by atoms with Crippen molar-refractivity contribution >= 4 is 21.8 Å². The van der Waals surface area contributed by atoms with Crippen LogP contribution in [0, 0.1) is 10.8 Å². The molecule has 3 heteroatoms. The van der Waals surface area contributed by atoms with E-state index in [9.17, 15) is 4.79 Å². The monoisotopic (exact) mass is 215 g/mol. The van der Waals surface area contributed by atoms with E-state index in [1.807, 2.05) is 6.92 Å². The normalized spacial score (nSPS) is 19.1. The Morgan fingerprint density at radius 1 is 1.64 bits per heavy atom. The second-order valence-electron chi connectivity index (χ2n) is 3.09. The van der Waals surface area contributed by atoms with Gasteiger partial charge in [0, 0.05) is 27.4 Å². The molecule has 1 amide bonds. The number of carbonyl (C=O) groups excluding carboxylic acids is 1. The summed E-state index contributed by atoms with van der Waals surface area (Å²) in [5.41, 5.74) is 0.0218. The molecule has 1 aliphatic carbocycles. The van der Waals surface area contributed by atoms with Crippen molar-refractivity contribution in [2.24, 2.45) is 0 Å². The van der Waals surface area contributed by atoms with Crippen LogP contribution in [0.2, 0.25) is 0 Å². The Hall–Kier alpha value is -0.490. The van der Waals surface area contributed by atoms with Gasteiger partial charge >= 0.3 is 0 Å². The summed E-state index contributed by atoms with van der Waals surface area (Å²) in [5, 5.41) is 2.85. The summed E-state index contributed by atoms with van der Waals surface area (Å²) < 4.78 is 0. The predicted octanol–water partition coefficient (Wildman–Crippen LogP) is 1.40. The van der Waals surface area contributed by atoms with Gasteiger partial charge in [0.25, 0.3) is 5.91 Å². The van der Waals surface area contributed by atoms with Crippen molar-refractivity contribution in [3.05, 3.63) is 0 Å². The van der Waals surface area contributed by atoms with E-state index >= 15 is 0 Å². The molecule has 0 aliphatic heterocycles. The number of nitrogens with one attached hydrogen (secondary N) is 1. The summed E-state index contributed by atoms with van der Waals surface area (Å²) in [5.74, 6) is 2.20. The van der Waals surface area contributed by atoms with Crippen LogP contribution in [0.3, 0.4) is 0 Å². The molecule has 0 aromatic rings. The molecule has 0 aromatic heterocycles. The van der Waals surface area contributed by atoms with Crippen LogP contribution in [-0.2, 0) is 4.79 Å². The van der Waals surface area contributed by atoms with Crippen molar-refractivity contribution in [3.63, 3.8) is 0 Å². The van der Waals surface area contributed by atoms with Gasteiger partial charge in [0.2, 0.25) is 0 Å². The molecule has 0 radical (unpaired) electrons. The Bertz CT molecular complexity index is 222. The van der Waals surface area contributed by atoms with Gasteiger partial charge in [-0.2, -0.15) is 0 Å². The zero-order valence-corrected chi connectivity index (χ0v) is 7.99. The van der Waals surface area contributed by atoms with Crippen molar-refractivity contribution in [2.75, 3.05) is 0 Å². The molecule has 1 aliphatic rings. The van der Waals surface area contributed by atoms with Gasteiger partial charge in [-0.05, 0) is 31.0 Å². The SMILES string of the molecule is CC1(NC(=O)C#CBr)CCC1. The number of halogens is 1. The number of carbonyl (C=O) groups is 1. The minimum atomic E-state index is -0.191. The van der Waals surface area contributed by atoms with Crippen LogP contribution >= 0.6 is 15.9 Å². The fourth-order valence-electron chi connectivity index (χ4n) is 1.18. The highest BCUT2D eigenvalue weighted by atomic mass is 79.9. The Labute approximate surface area is 74.9 Å². The molecule has 0 spiro atoms. The molecular weight excluding hydrogens is 206 g/mol. The average molecular weight is 216 g/mol. The smallest absolute Gasteiger partial charge is 0.297 e. The zero-order valence-electron chi connectivity index (χ0n) is 6.41. The lowest BCUT2D eigenvalue weighted by atomic mass is 9.78. The van der Waals surface area contributed by atoms with E-state index in [1.165, 1.54) is 6.42 Å². The molecule has 1 saturated carbocycles. The predicted molar refractivity (Wildman–Crippen MR) is 47.1 cm³/mol. The Balaban J connectivity index is 2.39. The third-order valence-electron chi connectivity index (χ3n) is 2.03. The lowest BCUT2D eigenvalue weighted by molar-refractivity contribution is -0.118. The van der Waals surface area contributed by atoms with Gasteiger partial charge in [0.15, 0.2) is 0 Å². The molecule has 0 atom stereocenters. The topological polar surface area (TPSA) is 29.1 Å². The molecule has 1 rings (SSSR count). The molecule has 0 aromatic carbocycles. The molecule has 0 saturated heterocycles. The maximum atomic E-state index is 10.9. The van der Waals surface area contributed by atoms with E-state index in [1.54, 1.807) is 0 Å². The van der Waals surface area contributed by atoms with Crippen molar-refractivity contribution < 1.29 is 4.79 Å². The van der Waals surface area contributed by atoms with Crippen molar-refractivity contribution in [2.45, 2.75) is 31.7 Å². The standard InChI is InChI=1S/C8H10BrNO/c1-8(4-2-5-8)10-7(11)3-6-9/h2,4-5H2,1H3,(H,10,11). The highest BCUT2D eigenvalue weighted by molar-refractivity contribution is 9.12. The van der Waals surface area contributed by atoms with Gasteiger partial charge in [-0.15, -0.1) is 0 Å². The Kier molecular flexibility index (Phi) is 2.56. The lowest BCUT2D eigenvalue weighted by Gasteiger charge is -2.38. The summed E-state index contributed by atoms with van der Waals surface area (Å²) in [6, 6.07) is 0. The molecule has 11 heavy (non-hydrogen) atoms. The summed E-state index contributed by atoms with van der Waals surface area (Å²) in [4.78, 5) is 13.3. The van der Waals surface area contributed by atoms with Crippen LogP contribution in [0.25, 0.3) is 0 Å². The van der Waals surface area contributed by atoms with Gasteiger partial charge < -0.3 is 5.32 Å². The van der Waals surface area contributed by atoms with Gasteiger partial charge in [-0.3, -0.25) is 4.79 Å². The van der Waals surface area contributed by atoms with Crippen molar-refractivity contribution in [1.82, 2.24) is 5.32 Å². The molecule has 0 unspecified atom stereocenters. The van der Waals surface area contributed by atoms with Gasteiger partial charge in [0.05, 0.1) is 0 Å². The largest absolute Gasteiger partial charge is 0.340 e. The van der Waals surface area contributed by atoms with Crippen LogP contribution in [0.4, 0.5) is 0 Å². The lowest BCUT2D eigenvalue weighted by Crippen LogP contribution is -2.50. The fraction of sp³-hybridized carbons (Fsp3) is 0.625. The van der Waals surface area contributed by atoms with Gasteiger partial charge in [0.1, 0.15) is 0 Å². The van der Waals surface area contributed by atoms with Crippen LogP contribution in [0.5, 0.6) is 0 Å². The minimum Gasteiger partial charge on any atom is -0.340 e. The number of amides is 1. The third-order valence-corrected chi connectivity index (χ3v) is 2.23. The second kappa shape index (κ2) is 3.27. The van der Waals surface area contributed by atoms with E-state index in [4.69, 9.17) is 0 Å². The Morgan fingerprint density at radius 3 is 2.64 bits per heavy atom. The number of rotatable bonds is 1. The Morgan fingerprint density at radius 2 is 2.27 bits per heavy atom. The third kappa shape index (κ3) is 2.23.